The number of likely N-dealkylation sites (tertiary alicyclic amines) is 1. The Morgan fingerprint density at radius 3 is 2.93 bits per heavy atom. The van der Waals surface area contributed by atoms with Gasteiger partial charge in [0.05, 0.1) is 28.8 Å². The molecule has 4 heterocycles. The zero-order valence-electron chi connectivity index (χ0n) is 16.0. The maximum Gasteiger partial charge on any atom is 0.256 e. The first-order chi connectivity index (χ1) is 13.6. The number of rotatable bonds is 3. The first-order valence-electron chi connectivity index (χ1n) is 9.70. The van der Waals surface area contributed by atoms with Gasteiger partial charge in [-0.25, -0.2) is 14.6 Å². The number of pyridine rings is 1. The van der Waals surface area contributed by atoms with Crippen molar-refractivity contribution in [2.24, 2.45) is 0 Å². The number of aromatic nitrogens is 5. The van der Waals surface area contributed by atoms with Crippen LogP contribution in [-0.2, 0) is 0 Å². The monoisotopic (exact) mass is 374 g/mol. The number of hydrogen-bond donors (Lipinski definition) is 1. The van der Waals surface area contributed by atoms with Gasteiger partial charge in [0.15, 0.2) is 5.65 Å². The van der Waals surface area contributed by atoms with Gasteiger partial charge in [-0.2, -0.15) is 5.10 Å². The van der Waals surface area contributed by atoms with E-state index in [2.05, 4.69) is 28.9 Å². The maximum atomic E-state index is 13.2. The molecule has 1 aromatic carbocycles. The Balaban J connectivity index is 1.47. The van der Waals surface area contributed by atoms with E-state index in [1.165, 1.54) is 0 Å². The van der Waals surface area contributed by atoms with Gasteiger partial charge in [0.2, 0.25) is 0 Å². The Hall–Kier alpha value is -3.22. The first-order valence-corrected chi connectivity index (χ1v) is 9.70. The molecule has 7 nitrogen and oxygen atoms in total. The fraction of sp³-hybridized carbons (Fsp3) is 0.333. The van der Waals surface area contributed by atoms with Crippen molar-refractivity contribution in [3.05, 3.63) is 54.1 Å². The molecular formula is C21H22N6O. The van der Waals surface area contributed by atoms with Gasteiger partial charge in [-0.1, -0.05) is 12.1 Å². The quantitative estimate of drug-likeness (QED) is 0.590. The van der Waals surface area contributed by atoms with E-state index in [1.807, 2.05) is 39.9 Å². The average molecular weight is 374 g/mol. The third-order valence-electron chi connectivity index (χ3n) is 5.41. The lowest BCUT2D eigenvalue weighted by molar-refractivity contribution is 0.0730. The SMILES string of the molecule is CC(C)n1ncc2cc(C(=O)N3CCCC3c3nc4ccccc4[nH]3)cnc21. The summed E-state index contributed by atoms with van der Waals surface area (Å²) in [6, 6.07) is 10.0. The highest BCUT2D eigenvalue weighted by Crippen LogP contribution is 2.33. The second-order valence-electron chi connectivity index (χ2n) is 7.62. The van der Waals surface area contributed by atoms with E-state index in [9.17, 15) is 4.79 Å². The molecule has 7 heteroatoms. The summed E-state index contributed by atoms with van der Waals surface area (Å²) in [5, 5.41) is 5.28. The van der Waals surface area contributed by atoms with E-state index in [0.29, 0.717) is 5.56 Å². The molecular weight excluding hydrogens is 352 g/mol. The lowest BCUT2D eigenvalue weighted by Crippen LogP contribution is -2.31. The number of nitrogens with zero attached hydrogens (tertiary/aromatic N) is 5. The zero-order valence-corrected chi connectivity index (χ0v) is 16.0. The summed E-state index contributed by atoms with van der Waals surface area (Å²) >= 11 is 0. The minimum atomic E-state index is -0.0333. The van der Waals surface area contributed by atoms with E-state index in [-0.39, 0.29) is 18.0 Å². The molecule has 0 radical (unpaired) electrons. The maximum absolute atomic E-state index is 13.2. The summed E-state index contributed by atoms with van der Waals surface area (Å²) in [6.07, 6.45) is 5.32. The van der Waals surface area contributed by atoms with Crippen LogP contribution in [0.3, 0.4) is 0 Å². The van der Waals surface area contributed by atoms with Crippen LogP contribution in [0.25, 0.3) is 22.1 Å². The molecule has 0 bridgehead atoms. The standard InChI is InChI=1S/C21H22N6O/c1-13(2)27-20-14(12-23-27)10-15(11-22-20)21(28)26-9-5-8-18(26)19-24-16-6-3-4-7-17(16)25-19/h3-4,6-7,10-13,18H,5,8-9H2,1-2H3,(H,24,25). The van der Waals surface area contributed by atoms with Crippen molar-refractivity contribution < 1.29 is 4.79 Å². The number of carbonyl (C=O) groups excluding carboxylic acids is 1. The molecule has 1 atom stereocenters. The zero-order chi connectivity index (χ0) is 19.3. The highest BCUT2D eigenvalue weighted by molar-refractivity contribution is 5.97. The van der Waals surface area contributed by atoms with Crippen molar-refractivity contribution in [2.45, 2.75) is 38.8 Å². The van der Waals surface area contributed by atoms with Crippen molar-refractivity contribution in [1.82, 2.24) is 29.6 Å². The van der Waals surface area contributed by atoms with Crippen molar-refractivity contribution in [1.29, 1.82) is 0 Å². The number of nitrogens with one attached hydrogen (secondary N) is 1. The normalized spacial score (nSPS) is 17.2. The highest BCUT2D eigenvalue weighted by Gasteiger charge is 2.33. The Labute approximate surface area is 162 Å². The van der Waals surface area contributed by atoms with E-state index in [4.69, 9.17) is 4.98 Å². The molecule has 3 aromatic heterocycles. The number of carbonyl (C=O) groups is 1. The Kier molecular flexibility index (Phi) is 3.89. The van der Waals surface area contributed by atoms with Gasteiger partial charge in [-0.05, 0) is 44.9 Å². The summed E-state index contributed by atoms with van der Waals surface area (Å²) in [7, 11) is 0. The van der Waals surface area contributed by atoms with Gasteiger partial charge in [-0.3, -0.25) is 4.79 Å². The molecule has 1 N–H and O–H groups in total. The van der Waals surface area contributed by atoms with Gasteiger partial charge < -0.3 is 9.88 Å². The molecule has 1 saturated heterocycles. The summed E-state index contributed by atoms with van der Waals surface area (Å²) in [5.41, 5.74) is 3.34. The lowest BCUT2D eigenvalue weighted by Gasteiger charge is -2.23. The number of para-hydroxylation sites is 2. The van der Waals surface area contributed by atoms with Gasteiger partial charge in [0, 0.05) is 24.2 Å². The van der Waals surface area contributed by atoms with E-state index in [1.54, 1.807) is 12.4 Å². The third kappa shape index (κ3) is 2.66. The molecule has 4 aromatic rings. The molecule has 5 rings (SSSR count). The van der Waals surface area contributed by atoms with Crippen molar-refractivity contribution >= 4 is 28.0 Å². The first kappa shape index (κ1) is 16.9. The number of aromatic amines is 1. The predicted octanol–water partition coefficient (Wildman–Crippen LogP) is 3.87. The van der Waals surface area contributed by atoms with Gasteiger partial charge in [0.25, 0.3) is 5.91 Å². The third-order valence-corrected chi connectivity index (χ3v) is 5.41. The largest absolute Gasteiger partial charge is 0.340 e. The summed E-state index contributed by atoms with van der Waals surface area (Å²) in [5.74, 6) is 0.850. The lowest BCUT2D eigenvalue weighted by atomic mass is 10.1. The van der Waals surface area contributed by atoms with Gasteiger partial charge in [-0.15, -0.1) is 0 Å². The van der Waals surface area contributed by atoms with Crippen LogP contribution in [-0.4, -0.2) is 42.1 Å². The van der Waals surface area contributed by atoms with Crippen LogP contribution in [0.2, 0.25) is 0 Å². The Morgan fingerprint density at radius 2 is 2.11 bits per heavy atom. The van der Waals surface area contributed by atoms with Crippen LogP contribution in [0, 0.1) is 0 Å². The molecule has 142 valence electrons. The van der Waals surface area contributed by atoms with E-state index < -0.39 is 0 Å². The number of benzene rings is 1. The van der Waals surface area contributed by atoms with Crippen LogP contribution in [0.5, 0.6) is 0 Å². The average Bonchev–Trinajstić information content (AvgIpc) is 3.43. The van der Waals surface area contributed by atoms with Gasteiger partial charge in [0.1, 0.15) is 5.82 Å². The van der Waals surface area contributed by atoms with Crippen molar-refractivity contribution in [3.63, 3.8) is 0 Å². The minimum Gasteiger partial charge on any atom is -0.340 e. The predicted molar refractivity (Wildman–Crippen MR) is 107 cm³/mol. The van der Waals surface area contributed by atoms with Gasteiger partial charge >= 0.3 is 0 Å². The molecule has 1 aliphatic rings. The number of amides is 1. The van der Waals surface area contributed by atoms with E-state index in [0.717, 1.165) is 47.3 Å². The number of fused-ring (bicyclic) bond motifs is 2. The second kappa shape index (κ2) is 6.44. The number of hydrogen-bond acceptors (Lipinski definition) is 4. The summed E-state index contributed by atoms with van der Waals surface area (Å²) in [4.78, 5) is 27.8. The molecule has 0 aliphatic carbocycles. The number of imidazole rings is 1. The minimum absolute atomic E-state index is 0.00495. The molecule has 0 spiro atoms. The van der Waals surface area contributed by atoms with Crippen LogP contribution >= 0.6 is 0 Å². The van der Waals surface area contributed by atoms with E-state index >= 15 is 0 Å². The summed E-state index contributed by atoms with van der Waals surface area (Å²) in [6.45, 7) is 4.86. The Bertz CT molecular complexity index is 1140. The van der Waals surface area contributed by atoms with Crippen LogP contribution in [0.4, 0.5) is 0 Å². The van der Waals surface area contributed by atoms with Crippen molar-refractivity contribution in [3.8, 4) is 0 Å². The fourth-order valence-electron chi connectivity index (χ4n) is 4.03. The smallest absolute Gasteiger partial charge is 0.256 e. The van der Waals surface area contributed by atoms with Crippen LogP contribution in [0.1, 0.15) is 55.0 Å². The molecule has 1 unspecified atom stereocenters. The molecule has 1 amide bonds. The van der Waals surface area contributed by atoms with Crippen molar-refractivity contribution in [2.75, 3.05) is 6.54 Å². The summed E-state index contributed by atoms with van der Waals surface area (Å²) < 4.78 is 1.87. The molecule has 28 heavy (non-hydrogen) atoms. The van der Waals surface area contributed by atoms with Crippen LogP contribution in [0.15, 0.2) is 42.7 Å². The Morgan fingerprint density at radius 1 is 1.25 bits per heavy atom. The van der Waals surface area contributed by atoms with Crippen LogP contribution < -0.4 is 0 Å². The fourth-order valence-corrected chi connectivity index (χ4v) is 4.03. The second-order valence-corrected chi connectivity index (χ2v) is 7.62. The molecule has 1 aliphatic heterocycles. The number of H-pyrrole nitrogens is 1. The highest BCUT2D eigenvalue weighted by atomic mass is 16.2. The molecule has 0 saturated carbocycles. The molecule has 1 fully saturated rings. The topological polar surface area (TPSA) is 79.7 Å².